The van der Waals surface area contributed by atoms with Crippen LogP contribution in [-0.2, 0) is 6.54 Å². The van der Waals surface area contributed by atoms with E-state index >= 15 is 0 Å². The molecule has 3 heterocycles. The molecule has 2 aromatic heterocycles. The zero-order valence-electron chi connectivity index (χ0n) is 18.7. The Hall–Kier alpha value is -2.09. The molecular weight excluding hydrogens is 380 g/mol. The van der Waals surface area contributed by atoms with Crippen LogP contribution in [0, 0.1) is 5.92 Å². The Balaban J connectivity index is 1.46. The second-order valence-corrected chi connectivity index (χ2v) is 8.45. The number of likely N-dealkylation sites (tertiary alicyclic amines) is 1. The highest BCUT2D eigenvalue weighted by molar-refractivity contribution is 5.81. The lowest BCUT2D eigenvalue weighted by molar-refractivity contribution is 0.184. The molecule has 0 atom stereocenters. The molecule has 0 amide bonds. The minimum absolute atomic E-state index is 0.181. The molecular formula is C22H38N6O2. The molecule has 30 heavy (non-hydrogen) atoms. The monoisotopic (exact) mass is 418 g/mol. The second-order valence-electron chi connectivity index (χ2n) is 8.45. The third kappa shape index (κ3) is 5.97. The van der Waals surface area contributed by atoms with Crippen molar-refractivity contribution >= 4 is 17.0 Å². The Bertz CT molecular complexity index is 838. The van der Waals surface area contributed by atoms with Gasteiger partial charge in [-0.1, -0.05) is 46.0 Å². The number of aryl methyl sites for hydroxylation is 1. The minimum atomic E-state index is -0.181. The number of piperidine rings is 1. The van der Waals surface area contributed by atoms with Crippen LogP contribution in [0.3, 0.4) is 0 Å². The summed E-state index contributed by atoms with van der Waals surface area (Å²) in [5.41, 5.74) is 6.87. The van der Waals surface area contributed by atoms with Gasteiger partial charge in [-0.25, -0.2) is 4.79 Å². The number of nitrogen functional groups attached to an aromatic ring is 1. The fourth-order valence-electron chi connectivity index (χ4n) is 4.26. The molecule has 0 aromatic carbocycles. The van der Waals surface area contributed by atoms with E-state index in [9.17, 15) is 4.79 Å². The summed E-state index contributed by atoms with van der Waals surface area (Å²) in [6, 6.07) is 0.246. The molecule has 1 saturated heterocycles. The summed E-state index contributed by atoms with van der Waals surface area (Å²) in [7, 11) is 0. The lowest BCUT2D eigenvalue weighted by Crippen LogP contribution is -2.33. The Kier molecular flexibility index (Phi) is 8.54. The lowest BCUT2D eigenvalue weighted by atomic mass is 9.91. The Morgan fingerprint density at radius 2 is 1.87 bits per heavy atom. The first kappa shape index (κ1) is 22.6. The third-order valence-electron chi connectivity index (χ3n) is 6.26. The van der Waals surface area contributed by atoms with Crippen LogP contribution in [0.4, 0.5) is 5.82 Å². The van der Waals surface area contributed by atoms with Gasteiger partial charge in [0.2, 0.25) is 0 Å². The van der Waals surface area contributed by atoms with Crippen molar-refractivity contribution in [2.24, 2.45) is 5.92 Å². The van der Waals surface area contributed by atoms with Crippen LogP contribution >= 0.6 is 0 Å². The number of rotatable bonds is 12. The van der Waals surface area contributed by atoms with E-state index in [-0.39, 0.29) is 17.5 Å². The summed E-state index contributed by atoms with van der Waals surface area (Å²) in [6.07, 6.45) is 10.6. The van der Waals surface area contributed by atoms with Crippen molar-refractivity contribution < 1.29 is 4.74 Å². The van der Waals surface area contributed by atoms with Crippen molar-refractivity contribution in [1.29, 1.82) is 0 Å². The first-order chi connectivity index (χ1) is 14.6. The largest absolute Gasteiger partial charge is 0.463 e. The number of nitrogens with zero attached hydrogens (tertiary/aromatic N) is 4. The minimum Gasteiger partial charge on any atom is -0.463 e. The molecule has 0 spiro atoms. The van der Waals surface area contributed by atoms with Crippen molar-refractivity contribution in [2.45, 2.75) is 78.2 Å². The normalized spacial score (nSPS) is 15.8. The summed E-state index contributed by atoms with van der Waals surface area (Å²) >= 11 is 0. The first-order valence-corrected chi connectivity index (χ1v) is 11.7. The Labute approximate surface area is 179 Å². The predicted octanol–water partition coefficient (Wildman–Crippen LogP) is 3.56. The van der Waals surface area contributed by atoms with E-state index < -0.39 is 0 Å². The molecule has 8 nitrogen and oxygen atoms in total. The molecule has 168 valence electrons. The summed E-state index contributed by atoms with van der Waals surface area (Å²) in [6.45, 7) is 9.25. The molecule has 1 fully saturated rings. The van der Waals surface area contributed by atoms with E-state index in [1.54, 1.807) is 4.57 Å². The van der Waals surface area contributed by atoms with Gasteiger partial charge in [-0.3, -0.25) is 4.57 Å². The number of hydrogen-bond donors (Lipinski definition) is 2. The van der Waals surface area contributed by atoms with Crippen LogP contribution in [-0.4, -0.2) is 50.7 Å². The number of aromatic nitrogens is 4. The fraction of sp³-hybridized carbons (Fsp3) is 0.773. The number of nitrogens with two attached hydrogens (primary N) is 1. The molecule has 3 N–H and O–H groups in total. The molecule has 0 bridgehead atoms. The van der Waals surface area contributed by atoms with Gasteiger partial charge in [0, 0.05) is 6.54 Å². The fourth-order valence-corrected chi connectivity index (χ4v) is 4.26. The standard InChI is InChI=1S/C22H38N6O2/c1-3-5-16-30-21-25-19(23)18-20(26-21)28(22(29)24-18)13-9-7-6-8-10-17-11-14-27(4-2)15-12-17/h17H,3-16H2,1-2H3,(H,24,29)(H2,23,25,26). The third-order valence-corrected chi connectivity index (χ3v) is 6.26. The molecule has 0 radical (unpaired) electrons. The van der Waals surface area contributed by atoms with E-state index in [1.165, 1.54) is 51.7 Å². The number of imidazole rings is 1. The number of H-pyrrole nitrogens is 1. The van der Waals surface area contributed by atoms with E-state index in [4.69, 9.17) is 10.5 Å². The maximum atomic E-state index is 12.4. The zero-order valence-corrected chi connectivity index (χ0v) is 18.7. The number of nitrogens with one attached hydrogen (secondary N) is 1. The number of aromatic amines is 1. The van der Waals surface area contributed by atoms with Gasteiger partial charge in [-0.05, 0) is 51.2 Å². The highest BCUT2D eigenvalue weighted by Gasteiger charge is 2.17. The highest BCUT2D eigenvalue weighted by atomic mass is 16.5. The van der Waals surface area contributed by atoms with E-state index in [2.05, 4.69) is 33.7 Å². The van der Waals surface area contributed by atoms with Crippen molar-refractivity contribution in [2.75, 3.05) is 32.0 Å². The number of anilines is 1. The number of fused-ring (bicyclic) bond motifs is 1. The van der Waals surface area contributed by atoms with Crippen LogP contribution in [0.2, 0.25) is 0 Å². The van der Waals surface area contributed by atoms with Crippen molar-refractivity contribution in [3.8, 4) is 6.01 Å². The zero-order chi connectivity index (χ0) is 21.3. The van der Waals surface area contributed by atoms with Gasteiger partial charge < -0.3 is 20.4 Å². The summed E-state index contributed by atoms with van der Waals surface area (Å²) in [5, 5.41) is 0. The molecule has 1 aliphatic heterocycles. The second kappa shape index (κ2) is 11.3. The van der Waals surface area contributed by atoms with Crippen molar-refractivity contribution in [3.63, 3.8) is 0 Å². The van der Waals surface area contributed by atoms with Gasteiger partial charge in [-0.2, -0.15) is 9.97 Å². The number of hydrogen-bond acceptors (Lipinski definition) is 6. The number of unbranched alkanes of at least 4 members (excludes halogenated alkanes) is 4. The van der Waals surface area contributed by atoms with E-state index in [0.29, 0.717) is 24.3 Å². The average Bonchev–Trinajstić information content (AvgIpc) is 3.07. The van der Waals surface area contributed by atoms with Gasteiger partial charge in [0.05, 0.1) is 6.61 Å². The summed E-state index contributed by atoms with van der Waals surface area (Å²) in [4.78, 5) is 26.3. The summed E-state index contributed by atoms with van der Waals surface area (Å²) < 4.78 is 7.26. The van der Waals surface area contributed by atoms with Crippen LogP contribution in [0.5, 0.6) is 6.01 Å². The van der Waals surface area contributed by atoms with E-state index in [1.807, 2.05) is 0 Å². The van der Waals surface area contributed by atoms with E-state index in [0.717, 1.165) is 31.6 Å². The molecule has 1 aliphatic rings. The van der Waals surface area contributed by atoms with Crippen LogP contribution in [0.15, 0.2) is 4.79 Å². The van der Waals surface area contributed by atoms with Gasteiger partial charge in [0.1, 0.15) is 5.52 Å². The molecule has 8 heteroatoms. The number of ether oxygens (including phenoxy) is 1. The lowest BCUT2D eigenvalue weighted by Gasteiger charge is -2.31. The van der Waals surface area contributed by atoms with Gasteiger partial charge >= 0.3 is 11.7 Å². The van der Waals surface area contributed by atoms with Gasteiger partial charge in [-0.15, -0.1) is 0 Å². The Morgan fingerprint density at radius 1 is 1.10 bits per heavy atom. The van der Waals surface area contributed by atoms with Gasteiger partial charge in [0.25, 0.3) is 0 Å². The predicted molar refractivity (Wildman–Crippen MR) is 121 cm³/mol. The van der Waals surface area contributed by atoms with Crippen LogP contribution in [0.25, 0.3) is 11.2 Å². The van der Waals surface area contributed by atoms with Crippen molar-refractivity contribution in [3.05, 3.63) is 10.5 Å². The SMILES string of the molecule is CCCCOc1nc(N)c2[nH]c(=O)n(CCCCCCC3CCN(CC)CC3)c2n1. The van der Waals surface area contributed by atoms with Gasteiger partial charge in [0.15, 0.2) is 11.5 Å². The molecule has 2 aromatic rings. The maximum absolute atomic E-state index is 12.4. The smallest absolute Gasteiger partial charge is 0.327 e. The maximum Gasteiger partial charge on any atom is 0.327 e. The Morgan fingerprint density at radius 3 is 2.60 bits per heavy atom. The summed E-state index contributed by atoms with van der Waals surface area (Å²) in [5.74, 6) is 1.16. The van der Waals surface area contributed by atoms with Crippen LogP contribution < -0.4 is 16.2 Å². The molecule has 0 saturated carbocycles. The molecule has 0 aliphatic carbocycles. The average molecular weight is 419 g/mol. The quantitative estimate of drug-likeness (QED) is 0.511. The van der Waals surface area contributed by atoms with Crippen molar-refractivity contribution in [1.82, 2.24) is 24.4 Å². The molecule has 0 unspecified atom stereocenters. The first-order valence-electron chi connectivity index (χ1n) is 11.7. The van der Waals surface area contributed by atoms with Crippen LogP contribution in [0.1, 0.15) is 71.6 Å². The molecule has 3 rings (SSSR count). The highest BCUT2D eigenvalue weighted by Crippen LogP contribution is 2.23. The topological polar surface area (TPSA) is 102 Å².